The summed E-state index contributed by atoms with van der Waals surface area (Å²) in [5.74, 6) is -2.81. The normalized spacial score (nSPS) is 10.6. The van der Waals surface area contributed by atoms with Gasteiger partial charge in [0.25, 0.3) is 11.7 Å². The Balaban J connectivity index is 3.60. The fourth-order valence-electron chi connectivity index (χ4n) is 1.02. The molecule has 0 radical (unpaired) electrons. The summed E-state index contributed by atoms with van der Waals surface area (Å²) in [6.07, 6.45) is -3.27. The maximum absolute atomic E-state index is 12.7. The number of halogens is 4. The number of nitro groups is 1. The minimum absolute atomic E-state index is 0.229. The highest BCUT2D eigenvalue weighted by Crippen LogP contribution is 2.30. The molecule has 0 saturated heterocycles. The van der Waals surface area contributed by atoms with Gasteiger partial charge in [0, 0.05) is 11.6 Å². The lowest BCUT2D eigenvalue weighted by atomic mass is 10.1. The van der Waals surface area contributed by atoms with Crippen LogP contribution in [0.4, 0.5) is 19.0 Å². The molecule has 0 unspecified atom stereocenters. The summed E-state index contributed by atoms with van der Waals surface area (Å²) in [5, 5.41) is 8.88. The molecule has 16 heavy (non-hydrogen) atoms. The van der Waals surface area contributed by atoms with E-state index < -0.39 is 39.5 Å². The van der Waals surface area contributed by atoms with Gasteiger partial charge in [-0.3, -0.25) is 4.79 Å². The van der Waals surface area contributed by atoms with Gasteiger partial charge in [0.1, 0.15) is 5.56 Å². The molecule has 9 heteroatoms. The second kappa shape index (κ2) is 4.44. The Morgan fingerprint density at radius 2 is 2.12 bits per heavy atom. The quantitative estimate of drug-likeness (QED) is 0.359. The van der Waals surface area contributed by atoms with Crippen molar-refractivity contribution in [2.45, 2.75) is 6.43 Å². The van der Waals surface area contributed by atoms with Crippen LogP contribution >= 0.6 is 11.6 Å². The SMILES string of the molecule is O=C(Cl)c1c(C(F)F)cc(F)nc1[N+](=O)[O-]. The van der Waals surface area contributed by atoms with E-state index in [2.05, 4.69) is 4.98 Å². The van der Waals surface area contributed by atoms with Crippen LogP contribution in [0.25, 0.3) is 0 Å². The summed E-state index contributed by atoms with van der Waals surface area (Å²) < 4.78 is 37.5. The van der Waals surface area contributed by atoms with Gasteiger partial charge in [0.05, 0.1) is 0 Å². The number of hydrogen-bond acceptors (Lipinski definition) is 4. The average molecular weight is 255 g/mol. The topological polar surface area (TPSA) is 73.1 Å². The molecule has 0 spiro atoms. The van der Waals surface area contributed by atoms with Gasteiger partial charge in [-0.1, -0.05) is 0 Å². The standard InChI is InChI=1S/C7H2ClF3N2O3/c8-5(14)4-2(6(10)11)1-3(9)12-7(4)13(15)16/h1,6H. The number of aromatic nitrogens is 1. The van der Waals surface area contributed by atoms with Crippen LogP contribution in [0.2, 0.25) is 0 Å². The van der Waals surface area contributed by atoms with Crippen molar-refractivity contribution in [1.82, 2.24) is 4.98 Å². The third-order valence-electron chi connectivity index (χ3n) is 1.60. The number of pyridine rings is 1. The molecule has 0 saturated carbocycles. The molecule has 5 nitrogen and oxygen atoms in total. The molecule has 86 valence electrons. The van der Waals surface area contributed by atoms with E-state index in [1.807, 2.05) is 0 Å². The number of nitrogens with zero attached hydrogens (tertiary/aromatic N) is 2. The van der Waals surface area contributed by atoms with Crippen molar-refractivity contribution < 1.29 is 22.9 Å². The van der Waals surface area contributed by atoms with Crippen LogP contribution in [-0.2, 0) is 0 Å². The summed E-state index contributed by atoms with van der Waals surface area (Å²) in [6, 6.07) is 0.229. The Hall–Kier alpha value is -1.70. The molecule has 1 aromatic heterocycles. The van der Waals surface area contributed by atoms with E-state index in [9.17, 15) is 28.1 Å². The summed E-state index contributed by atoms with van der Waals surface area (Å²) in [6.45, 7) is 0. The van der Waals surface area contributed by atoms with E-state index in [4.69, 9.17) is 11.6 Å². The molecule has 0 atom stereocenters. The van der Waals surface area contributed by atoms with E-state index >= 15 is 0 Å². The van der Waals surface area contributed by atoms with Gasteiger partial charge in [0.2, 0.25) is 0 Å². The first-order valence-electron chi connectivity index (χ1n) is 3.67. The molecule has 0 fully saturated rings. The van der Waals surface area contributed by atoms with Crippen LogP contribution in [0, 0.1) is 16.1 Å². The molecule has 0 amide bonds. The Morgan fingerprint density at radius 1 is 1.56 bits per heavy atom. The summed E-state index contributed by atoms with van der Waals surface area (Å²) in [7, 11) is 0. The summed E-state index contributed by atoms with van der Waals surface area (Å²) in [4.78, 5) is 22.6. The van der Waals surface area contributed by atoms with Gasteiger partial charge in [-0.05, 0) is 21.5 Å². The highest BCUT2D eigenvalue weighted by Gasteiger charge is 2.30. The third-order valence-corrected chi connectivity index (χ3v) is 1.79. The maximum atomic E-state index is 12.7. The van der Waals surface area contributed by atoms with Gasteiger partial charge in [-0.15, -0.1) is 0 Å². The number of hydrogen-bond donors (Lipinski definition) is 0. The molecule has 1 rings (SSSR count). The van der Waals surface area contributed by atoms with E-state index in [1.54, 1.807) is 0 Å². The Labute approximate surface area is 91.0 Å². The lowest BCUT2D eigenvalue weighted by Gasteiger charge is -2.04. The Kier molecular flexibility index (Phi) is 3.43. The predicted molar refractivity (Wildman–Crippen MR) is 46.0 cm³/mol. The smallest absolute Gasteiger partial charge is 0.358 e. The first kappa shape index (κ1) is 12.4. The third kappa shape index (κ3) is 2.27. The molecule has 0 aliphatic heterocycles. The molecule has 0 aliphatic rings. The largest absolute Gasteiger partial charge is 0.379 e. The highest BCUT2D eigenvalue weighted by atomic mass is 35.5. The molecular weight excluding hydrogens is 253 g/mol. The van der Waals surface area contributed by atoms with Crippen molar-refractivity contribution in [3.8, 4) is 0 Å². The molecule has 0 bridgehead atoms. The van der Waals surface area contributed by atoms with Crippen molar-refractivity contribution in [2.24, 2.45) is 0 Å². The summed E-state index contributed by atoms with van der Waals surface area (Å²) in [5.41, 5.74) is -2.25. The van der Waals surface area contributed by atoms with Crippen LogP contribution in [0.1, 0.15) is 22.3 Å². The maximum Gasteiger partial charge on any atom is 0.379 e. The van der Waals surface area contributed by atoms with Crippen LogP contribution < -0.4 is 0 Å². The van der Waals surface area contributed by atoms with Crippen molar-refractivity contribution >= 4 is 22.7 Å². The monoisotopic (exact) mass is 254 g/mol. The fourth-order valence-corrected chi connectivity index (χ4v) is 1.22. The van der Waals surface area contributed by atoms with E-state index in [0.29, 0.717) is 0 Å². The molecule has 1 heterocycles. The Morgan fingerprint density at radius 3 is 2.50 bits per heavy atom. The van der Waals surface area contributed by atoms with Crippen LogP contribution in [0.15, 0.2) is 6.07 Å². The van der Waals surface area contributed by atoms with Gasteiger partial charge in [-0.25, -0.2) is 8.78 Å². The second-order valence-electron chi connectivity index (χ2n) is 2.56. The fraction of sp³-hybridized carbons (Fsp3) is 0.143. The van der Waals surface area contributed by atoms with Crippen LogP contribution in [0.5, 0.6) is 0 Å². The second-order valence-corrected chi connectivity index (χ2v) is 2.91. The number of alkyl halides is 2. The summed E-state index contributed by atoms with van der Waals surface area (Å²) >= 11 is 4.91. The van der Waals surface area contributed by atoms with E-state index in [0.717, 1.165) is 0 Å². The van der Waals surface area contributed by atoms with Gasteiger partial charge < -0.3 is 10.1 Å². The predicted octanol–water partition coefficient (Wildman–Crippen LogP) is 2.45. The average Bonchev–Trinajstić information content (AvgIpc) is 2.15. The lowest BCUT2D eigenvalue weighted by Crippen LogP contribution is -2.08. The minimum atomic E-state index is -3.27. The van der Waals surface area contributed by atoms with Crippen molar-refractivity contribution in [3.63, 3.8) is 0 Å². The molecule has 1 aromatic rings. The molecule has 0 aliphatic carbocycles. The first-order chi connectivity index (χ1) is 7.34. The van der Waals surface area contributed by atoms with E-state index in [-0.39, 0.29) is 6.07 Å². The van der Waals surface area contributed by atoms with Crippen LogP contribution in [0.3, 0.4) is 0 Å². The zero-order chi connectivity index (χ0) is 12.5. The zero-order valence-corrected chi connectivity index (χ0v) is 8.04. The van der Waals surface area contributed by atoms with Crippen LogP contribution in [-0.4, -0.2) is 15.1 Å². The lowest BCUT2D eigenvalue weighted by molar-refractivity contribution is -0.390. The number of carbonyl (C=O) groups is 1. The number of carbonyl (C=O) groups excluding carboxylic acids is 1. The highest BCUT2D eigenvalue weighted by molar-refractivity contribution is 6.68. The van der Waals surface area contributed by atoms with Gasteiger partial charge in [-0.2, -0.15) is 4.39 Å². The van der Waals surface area contributed by atoms with Crippen molar-refractivity contribution in [1.29, 1.82) is 0 Å². The van der Waals surface area contributed by atoms with E-state index in [1.165, 1.54) is 0 Å². The van der Waals surface area contributed by atoms with Crippen molar-refractivity contribution in [3.05, 3.63) is 33.3 Å². The molecule has 0 aromatic carbocycles. The first-order valence-corrected chi connectivity index (χ1v) is 4.05. The van der Waals surface area contributed by atoms with Gasteiger partial charge in [0.15, 0.2) is 0 Å². The molecule has 0 N–H and O–H groups in total. The number of rotatable bonds is 3. The zero-order valence-electron chi connectivity index (χ0n) is 7.29. The van der Waals surface area contributed by atoms with Crippen molar-refractivity contribution in [2.75, 3.05) is 0 Å². The minimum Gasteiger partial charge on any atom is -0.358 e. The molecular formula is C7H2ClF3N2O3. The van der Waals surface area contributed by atoms with Gasteiger partial charge >= 0.3 is 11.8 Å². The Bertz CT molecular complexity index is 466.